The summed E-state index contributed by atoms with van der Waals surface area (Å²) in [6, 6.07) is 8.68. The number of benzene rings is 1. The van der Waals surface area contributed by atoms with Gasteiger partial charge < -0.3 is 10.5 Å². The minimum Gasteiger partial charge on any atom is -0.373 e. The summed E-state index contributed by atoms with van der Waals surface area (Å²) in [6.07, 6.45) is 5.68. The van der Waals surface area contributed by atoms with E-state index < -0.39 is 0 Å². The SMILES string of the molecule is CC1(C)CCC(N)(CC2OCCc3ccccc32)C1. The van der Waals surface area contributed by atoms with Crippen molar-refractivity contribution in [3.8, 4) is 0 Å². The minimum atomic E-state index is -0.0430. The second kappa shape index (κ2) is 4.60. The number of nitrogens with two attached hydrogens (primary N) is 1. The van der Waals surface area contributed by atoms with E-state index in [1.807, 2.05) is 0 Å². The summed E-state index contributed by atoms with van der Waals surface area (Å²) in [5.41, 5.74) is 9.80. The molecule has 19 heavy (non-hydrogen) atoms. The first-order valence-electron chi connectivity index (χ1n) is 7.46. The molecular formula is C17H25NO. The lowest BCUT2D eigenvalue weighted by Crippen LogP contribution is -2.40. The molecule has 2 unspecified atom stereocenters. The molecule has 1 aliphatic carbocycles. The average molecular weight is 259 g/mol. The molecule has 0 radical (unpaired) electrons. The third kappa shape index (κ3) is 2.70. The molecule has 3 rings (SSSR count). The maximum absolute atomic E-state index is 6.64. The summed E-state index contributed by atoms with van der Waals surface area (Å²) in [6.45, 7) is 5.50. The zero-order chi connectivity index (χ0) is 13.5. The smallest absolute Gasteiger partial charge is 0.0845 e. The van der Waals surface area contributed by atoms with Crippen LogP contribution in [0.1, 0.15) is 56.8 Å². The lowest BCUT2D eigenvalue weighted by Gasteiger charge is -2.34. The van der Waals surface area contributed by atoms with Gasteiger partial charge in [-0.15, -0.1) is 0 Å². The molecule has 2 nitrogen and oxygen atoms in total. The summed E-state index contributed by atoms with van der Waals surface area (Å²) in [7, 11) is 0. The summed E-state index contributed by atoms with van der Waals surface area (Å²) in [5, 5.41) is 0. The van der Waals surface area contributed by atoms with Crippen molar-refractivity contribution < 1.29 is 4.74 Å². The van der Waals surface area contributed by atoms with E-state index in [1.54, 1.807) is 0 Å². The Kier molecular flexibility index (Phi) is 3.18. The maximum atomic E-state index is 6.64. The fourth-order valence-corrected chi connectivity index (χ4v) is 3.91. The molecule has 104 valence electrons. The topological polar surface area (TPSA) is 35.2 Å². The van der Waals surface area contributed by atoms with Gasteiger partial charge in [-0.1, -0.05) is 38.1 Å². The van der Waals surface area contributed by atoms with E-state index in [9.17, 15) is 0 Å². The Morgan fingerprint density at radius 1 is 1.26 bits per heavy atom. The zero-order valence-electron chi connectivity index (χ0n) is 12.1. The van der Waals surface area contributed by atoms with Crippen molar-refractivity contribution in [3.05, 3.63) is 35.4 Å². The molecule has 1 fully saturated rings. The van der Waals surface area contributed by atoms with Gasteiger partial charge in [-0.3, -0.25) is 0 Å². The van der Waals surface area contributed by atoms with Crippen molar-refractivity contribution in [2.24, 2.45) is 11.1 Å². The predicted molar refractivity (Wildman–Crippen MR) is 78.0 cm³/mol. The van der Waals surface area contributed by atoms with Crippen LogP contribution in [0.5, 0.6) is 0 Å². The van der Waals surface area contributed by atoms with E-state index in [-0.39, 0.29) is 11.6 Å². The third-order valence-electron chi connectivity index (χ3n) is 4.81. The lowest BCUT2D eigenvalue weighted by molar-refractivity contribution is 0.0202. The lowest BCUT2D eigenvalue weighted by atomic mass is 9.82. The van der Waals surface area contributed by atoms with Gasteiger partial charge in [-0.25, -0.2) is 0 Å². The molecule has 1 heterocycles. The van der Waals surface area contributed by atoms with Crippen LogP contribution in [0.25, 0.3) is 0 Å². The van der Waals surface area contributed by atoms with Crippen molar-refractivity contribution in [2.75, 3.05) is 6.61 Å². The first kappa shape index (κ1) is 13.1. The number of ether oxygens (including phenoxy) is 1. The average Bonchev–Trinajstić information content (AvgIpc) is 2.64. The highest BCUT2D eigenvalue weighted by Gasteiger charge is 2.42. The highest BCUT2D eigenvalue weighted by molar-refractivity contribution is 5.31. The van der Waals surface area contributed by atoms with E-state index in [2.05, 4.69) is 38.1 Å². The molecule has 2 heteroatoms. The monoisotopic (exact) mass is 259 g/mol. The first-order valence-corrected chi connectivity index (χ1v) is 7.46. The molecule has 0 bridgehead atoms. The van der Waals surface area contributed by atoms with Crippen molar-refractivity contribution in [1.82, 2.24) is 0 Å². The van der Waals surface area contributed by atoms with Gasteiger partial charge in [0.25, 0.3) is 0 Å². The third-order valence-corrected chi connectivity index (χ3v) is 4.81. The molecule has 0 spiro atoms. The van der Waals surface area contributed by atoms with Crippen LogP contribution in [0, 0.1) is 5.41 Å². The van der Waals surface area contributed by atoms with Crippen LogP contribution >= 0.6 is 0 Å². The summed E-state index contributed by atoms with van der Waals surface area (Å²) in [5.74, 6) is 0. The Morgan fingerprint density at radius 3 is 2.79 bits per heavy atom. The van der Waals surface area contributed by atoms with Crippen LogP contribution in [0.2, 0.25) is 0 Å². The molecule has 1 aliphatic heterocycles. The quantitative estimate of drug-likeness (QED) is 0.880. The highest BCUT2D eigenvalue weighted by atomic mass is 16.5. The largest absolute Gasteiger partial charge is 0.373 e. The molecule has 1 aromatic rings. The fraction of sp³-hybridized carbons (Fsp3) is 0.647. The van der Waals surface area contributed by atoms with Crippen LogP contribution in [-0.4, -0.2) is 12.1 Å². The number of hydrogen-bond donors (Lipinski definition) is 1. The Morgan fingerprint density at radius 2 is 2.05 bits per heavy atom. The van der Waals surface area contributed by atoms with Crippen molar-refractivity contribution in [1.29, 1.82) is 0 Å². The van der Waals surface area contributed by atoms with Gasteiger partial charge in [-0.2, -0.15) is 0 Å². The van der Waals surface area contributed by atoms with Gasteiger partial charge in [0.2, 0.25) is 0 Å². The van der Waals surface area contributed by atoms with Gasteiger partial charge in [0.15, 0.2) is 0 Å². The van der Waals surface area contributed by atoms with Crippen molar-refractivity contribution >= 4 is 0 Å². The molecule has 0 saturated heterocycles. The summed E-state index contributed by atoms with van der Waals surface area (Å²) >= 11 is 0. The minimum absolute atomic E-state index is 0.0430. The number of hydrogen-bond acceptors (Lipinski definition) is 2. The maximum Gasteiger partial charge on any atom is 0.0845 e. The predicted octanol–water partition coefficient (Wildman–Crippen LogP) is 3.60. The Hall–Kier alpha value is -0.860. The molecule has 0 aromatic heterocycles. The Balaban J connectivity index is 1.78. The standard InChI is InChI=1S/C17H25NO/c1-16(2)8-9-17(18,12-16)11-15-14-6-4-3-5-13(14)7-10-19-15/h3-6,15H,7-12,18H2,1-2H3. The van der Waals surface area contributed by atoms with Gasteiger partial charge in [0.1, 0.15) is 0 Å². The molecule has 2 aliphatic rings. The van der Waals surface area contributed by atoms with E-state index in [0.29, 0.717) is 5.41 Å². The Bertz CT molecular complexity index is 468. The van der Waals surface area contributed by atoms with Crippen molar-refractivity contribution in [3.63, 3.8) is 0 Å². The fourth-order valence-electron chi connectivity index (χ4n) is 3.91. The van der Waals surface area contributed by atoms with E-state index >= 15 is 0 Å². The molecule has 0 amide bonds. The first-order chi connectivity index (χ1) is 8.98. The van der Waals surface area contributed by atoms with E-state index in [1.165, 1.54) is 17.5 Å². The van der Waals surface area contributed by atoms with Crippen LogP contribution in [0.3, 0.4) is 0 Å². The zero-order valence-corrected chi connectivity index (χ0v) is 12.1. The molecule has 1 aromatic carbocycles. The van der Waals surface area contributed by atoms with Crippen LogP contribution < -0.4 is 5.73 Å². The normalized spacial score (nSPS) is 33.1. The summed E-state index contributed by atoms with van der Waals surface area (Å²) < 4.78 is 6.02. The van der Waals surface area contributed by atoms with Crippen LogP contribution in [-0.2, 0) is 11.2 Å². The van der Waals surface area contributed by atoms with Gasteiger partial charge in [0, 0.05) is 5.54 Å². The highest BCUT2D eigenvalue weighted by Crippen LogP contribution is 2.47. The number of rotatable bonds is 2. The van der Waals surface area contributed by atoms with E-state index in [0.717, 1.165) is 32.3 Å². The Labute approximate surface area is 116 Å². The van der Waals surface area contributed by atoms with Gasteiger partial charge >= 0.3 is 0 Å². The van der Waals surface area contributed by atoms with Crippen molar-refractivity contribution in [2.45, 2.75) is 57.6 Å². The molecular weight excluding hydrogens is 234 g/mol. The van der Waals surface area contributed by atoms with Gasteiger partial charge in [0.05, 0.1) is 12.7 Å². The van der Waals surface area contributed by atoms with Gasteiger partial charge in [-0.05, 0) is 48.6 Å². The molecule has 1 saturated carbocycles. The molecule has 2 atom stereocenters. The second-order valence-corrected chi connectivity index (χ2v) is 7.22. The van der Waals surface area contributed by atoms with E-state index in [4.69, 9.17) is 10.5 Å². The van der Waals surface area contributed by atoms with Crippen LogP contribution in [0.4, 0.5) is 0 Å². The summed E-state index contributed by atoms with van der Waals surface area (Å²) in [4.78, 5) is 0. The molecule has 2 N–H and O–H groups in total. The van der Waals surface area contributed by atoms with Crippen LogP contribution in [0.15, 0.2) is 24.3 Å². The number of fused-ring (bicyclic) bond motifs is 1. The second-order valence-electron chi connectivity index (χ2n) is 7.22.